The van der Waals surface area contributed by atoms with Gasteiger partial charge in [-0.3, -0.25) is 4.79 Å². The van der Waals surface area contributed by atoms with Crippen molar-refractivity contribution in [3.63, 3.8) is 0 Å². The van der Waals surface area contributed by atoms with E-state index >= 15 is 0 Å². The molecule has 0 saturated heterocycles. The number of aromatic nitrogens is 1. The van der Waals surface area contributed by atoms with Crippen molar-refractivity contribution in [3.8, 4) is 5.75 Å². The predicted octanol–water partition coefficient (Wildman–Crippen LogP) is 2.95. The zero-order chi connectivity index (χ0) is 16.2. The van der Waals surface area contributed by atoms with Gasteiger partial charge in [0.05, 0.1) is 13.3 Å². The van der Waals surface area contributed by atoms with Crippen molar-refractivity contribution in [1.82, 2.24) is 9.99 Å². The van der Waals surface area contributed by atoms with E-state index in [9.17, 15) is 4.79 Å². The Hall–Kier alpha value is -3.08. The number of hydrogen-bond donors (Lipinski definition) is 1. The van der Waals surface area contributed by atoms with Crippen LogP contribution in [0.15, 0.2) is 59.7 Å². The second kappa shape index (κ2) is 6.36. The van der Waals surface area contributed by atoms with Crippen LogP contribution < -0.4 is 10.2 Å². The smallest absolute Gasteiger partial charge is 0.287 e. The Bertz CT molecular complexity index is 864. The van der Waals surface area contributed by atoms with Crippen LogP contribution in [0.2, 0.25) is 0 Å². The number of fused-ring (bicyclic) bond motifs is 1. The first kappa shape index (κ1) is 14.8. The van der Waals surface area contributed by atoms with Crippen molar-refractivity contribution in [3.05, 3.63) is 65.9 Å². The Balaban J connectivity index is 1.72. The Morgan fingerprint density at radius 3 is 2.61 bits per heavy atom. The highest BCUT2D eigenvalue weighted by Gasteiger charge is 2.11. The van der Waals surface area contributed by atoms with Gasteiger partial charge in [0.25, 0.3) is 5.91 Å². The molecule has 0 radical (unpaired) electrons. The van der Waals surface area contributed by atoms with Crippen molar-refractivity contribution in [2.24, 2.45) is 12.1 Å². The van der Waals surface area contributed by atoms with E-state index in [1.807, 2.05) is 66.2 Å². The van der Waals surface area contributed by atoms with Crippen molar-refractivity contribution in [2.75, 3.05) is 7.11 Å². The molecule has 1 amide bonds. The summed E-state index contributed by atoms with van der Waals surface area (Å²) >= 11 is 0. The minimum Gasteiger partial charge on any atom is -0.497 e. The van der Waals surface area contributed by atoms with Crippen LogP contribution in [0.4, 0.5) is 0 Å². The van der Waals surface area contributed by atoms with E-state index in [0.717, 1.165) is 22.2 Å². The first-order chi connectivity index (χ1) is 11.2. The molecular formula is C18H17N3O2. The molecule has 116 valence electrons. The third kappa shape index (κ3) is 3.08. The quantitative estimate of drug-likeness (QED) is 0.595. The van der Waals surface area contributed by atoms with Crippen LogP contribution in [0.1, 0.15) is 16.1 Å². The summed E-state index contributed by atoms with van der Waals surface area (Å²) in [6, 6.07) is 17.1. The Morgan fingerprint density at radius 1 is 1.17 bits per heavy atom. The highest BCUT2D eigenvalue weighted by Crippen LogP contribution is 2.18. The number of rotatable bonds is 4. The second-order valence-corrected chi connectivity index (χ2v) is 5.12. The van der Waals surface area contributed by atoms with Gasteiger partial charge in [-0.2, -0.15) is 5.10 Å². The molecule has 0 atom stereocenters. The number of nitrogens with zero attached hydrogens (tertiary/aromatic N) is 2. The molecule has 3 rings (SSSR count). The number of para-hydroxylation sites is 1. The summed E-state index contributed by atoms with van der Waals surface area (Å²) in [6.45, 7) is 0. The van der Waals surface area contributed by atoms with E-state index in [1.165, 1.54) is 0 Å². The number of amides is 1. The van der Waals surface area contributed by atoms with Gasteiger partial charge in [-0.15, -0.1) is 0 Å². The second-order valence-electron chi connectivity index (χ2n) is 5.12. The molecule has 0 spiro atoms. The third-order valence-corrected chi connectivity index (χ3v) is 3.68. The van der Waals surface area contributed by atoms with Crippen molar-refractivity contribution >= 4 is 23.0 Å². The molecule has 2 aromatic carbocycles. The monoisotopic (exact) mass is 307 g/mol. The topological polar surface area (TPSA) is 55.6 Å². The van der Waals surface area contributed by atoms with E-state index in [1.54, 1.807) is 13.3 Å². The number of hydrazone groups is 1. The molecule has 23 heavy (non-hydrogen) atoms. The summed E-state index contributed by atoms with van der Waals surface area (Å²) in [5.74, 6) is 0.537. The summed E-state index contributed by atoms with van der Waals surface area (Å²) in [4.78, 5) is 12.3. The first-order valence-corrected chi connectivity index (χ1v) is 7.21. The summed E-state index contributed by atoms with van der Waals surface area (Å²) in [6.07, 6.45) is 1.60. The van der Waals surface area contributed by atoms with Crippen molar-refractivity contribution in [1.29, 1.82) is 0 Å². The van der Waals surface area contributed by atoms with Gasteiger partial charge in [-0.05, 0) is 42.0 Å². The SMILES string of the molecule is COc1ccc(/C=N/NC(=O)c2cc3ccccc3n2C)cc1. The van der Waals surface area contributed by atoms with Gasteiger partial charge >= 0.3 is 0 Å². The molecule has 3 aromatic rings. The average Bonchev–Trinajstić information content (AvgIpc) is 2.93. The molecule has 1 heterocycles. The maximum absolute atomic E-state index is 12.3. The van der Waals surface area contributed by atoms with Crippen LogP contribution in [0.25, 0.3) is 10.9 Å². The lowest BCUT2D eigenvalue weighted by Gasteiger charge is -2.02. The summed E-state index contributed by atoms with van der Waals surface area (Å²) in [5, 5.41) is 5.03. The summed E-state index contributed by atoms with van der Waals surface area (Å²) < 4.78 is 6.95. The van der Waals surface area contributed by atoms with Gasteiger partial charge in [0.1, 0.15) is 11.4 Å². The normalized spacial score (nSPS) is 11.0. The minimum atomic E-state index is -0.242. The molecule has 5 heteroatoms. The number of methoxy groups -OCH3 is 1. The molecule has 5 nitrogen and oxygen atoms in total. The molecule has 1 N–H and O–H groups in total. The Labute approximate surface area is 134 Å². The van der Waals surface area contributed by atoms with Gasteiger partial charge in [-0.25, -0.2) is 5.43 Å². The molecule has 0 unspecified atom stereocenters. The maximum atomic E-state index is 12.3. The number of ether oxygens (including phenoxy) is 1. The van der Waals surface area contributed by atoms with Crippen molar-refractivity contribution < 1.29 is 9.53 Å². The fourth-order valence-electron chi connectivity index (χ4n) is 2.42. The zero-order valence-corrected chi connectivity index (χ0v) is 13.0. The Morgan fingerprint density at radius 2 is 1.91 bits per heavy atom. The molecule has 0 saturated carbocycles. The van der Waals surface area contributed by atoms with E-state index < -0.39 is 0 Å². The molecule has 0 aliphatic rings. The lowest BCUT2D eigenvalue weighted by molar-refractivity contribution is 0.0947. The molecule has 0 aliphatic heterocycles. The van der Waals surface area contributed by atoms with Crippen LogP contribution in [-0.2, 0) is 7.05 Å². The van der Waals surface area contributed by atoms with E-state index in [4.69, 9.17) is 4.74 Å². The molecule has 1 aromatic heterocycles. The number of carbonyl (C=O) groups excluding carboxylic acids is 1. The fraction of sp³-hybridized carbons (Fsp3) is 0.111. The standard InChI is InChI=1S/C18H17N3O2/c1-21-16-6-4-3-5-14(16)11-17(21)18(22)20-19-12-13-7-9-15(23-2)10-8-13/h3-12H,1-2H3,(H,20,22)/b19-12+. The van der Waals surface area contributed by atoms with Crippen LogP contribution in [0.5, 0.6) is 5.75 Å². The molecule has 0 bridgehead atoms. The number of nitrogens with one attached hydrogen (secondary N) is 1. The van der Waals surface area contributed by atoms with Gasteiger partial charge in [-0.1, -0.05) is 18.2 Å². The van der Waals surface area contributed by atoms with Crippen LogP contribution in [0.3, 0.4) is 0 Å². The first-order valence-electron chi connectivity index (χ1n) is 7.21. The highest BCUT2D eigenvalue weighted by molar-refractivity contribution is 5.99. The Kier molecular flexibility index (Phi) is 4.10. The molecular weight excluding hydrogens is 290 g/mol. The fourth-order valence-corrected chi connectivity index (χ4v) is 2.42. The zero-order valence-electron chi connectivity index (χ0n) is 13.0. The molecule has 0 aliphatic carbocycles. The minimum absolute atomic E-state index is 0.242. The highest BCUT2D eigenvalue weighted by atomic mass is 16.5. The van der Waals surface area contributed by atoms with Gasteiger partial charge in [0, 0.05) is 18.0 Å². The third-order valence-electron chi connectivity index (χ3n) is 3.68. The predicted molar refractivity (Wildman–Crippen MR) is 91.0 cm³/mol. The lowest BCUT2D eigenvalue weighted by Crippen LogP contribution is -2.20. The number of aryl methyl sites for hydroxylation is 1. The number of hydrogen-bond acceptors (Lipinski definition) is 3. The van der Waals surface area contributed by atoms with Crippen LogP contribution in [0, 0.1) is 0 Å². The lowest BCUT2D eigenvalue weighted by atomic mass is 10.2. The van der Waals surface area contributed by atoms with E-state index in [2.05, 4.69) is 10.5 Å². The van der Waals surface area contributed by atoms with Crippen LogP contribution >= 0.6 is 0 Å². The van der Waals surface area contributed by atoms with Gasteiger partial charge in [0.2, 0.25) is 0 Å². The van der Waals surface area contributed by atoms with Gasteiger partial charge < -0.3 is 9.30 Å². The maximum Gasteiger partial charge on any atom is 0.287 e. The summed E-state index contributed by atoms with van der Waals surface area (Å²) in [5.41, 5.74) is 5.01. The van der Waals surface area contributed by atoms with Gasteiger partial charge in [0.15, 0.2) is 0 Å². The largest absolute Gasteiger partial charge is 0.497 e. The number of benzene rings is 2. The van der Waals surface area contributed by atoms with Crippen LogP contribution in [-0.4, -0.2) is 23.8 Å². The molecule has 0 fully saturated rings. The summed E-state index contributed by atoms with van der Waals surface area (Å²) in [7, 11) is 3.48. The van der Waals surface area contributed by atoms with E-state index in [-0.39, 0.29) is 5.91 Å². The van der Waals surface area contributed by atoms with Crippen molar-refractivity contribution in [2.45, 2.75) is 0 Å². The average molecular weight is 307 g/mol. The number of carbonyl (C=O) groups is 1. The van der Waals surface area contributed by atoms with E-state index in [0.29, 0.717) is 5.69 Å².